The van der Waals surface area contributed by atoms with Crippen LogP contribution in [0.5, 0.6) is 0 Å². The Morgan fingerprint density at radius 3 is 2.57 bits per heavy atom. The zero-order chi connectivity index (χ0) is 15.7. The number of hydrogen-bond acceptors (Lipinski definition) is 4. The smallest absolute Gasteiger partial charge is 0.407 e. The van der Waals surface area contributed by atoms with Crippen LogP contribution in [0, 0.1) is 0 Å². The standard InChI is InChI=1S/C15H25N3O3/c1-14(2,3)21-13(19)17-11-5-8-15(20,9-6-11)12-7-10-16-18(12)4/h7,10-11,20H,5-6,8-9H2,1-4H3,(H,17,19). The largest absolute Gasteiger partial charge is 0.444 e. The second-order valence-electron chi connectivity index (χ2n) is 6.79. The molecule has 0 radical (unpaired) electrons. The van der Waals surface area contributed by atoms with Gasteiger partial charge in [-0.2, -0.15) is 5.10 Å². The van der Waals surface area contributed by atoms with Crippen molar-refractivity contribution in [2.45, 2.75) is 63.7 Å². The number of alkyl carbamates (subject to hydrolysis) is 1. The number of carbonyl (C=O) groups is 1. The van der Waals surface area contributed by atoms with Gasteiger partial charge in [-0.1, -0.05) is 0 Å². The molecule has 0 unspecified atom stereocenters. The molecule has 0 spiro atoms. The Labute approximate surface area is 125 Å². The molecule has 2 N–H and O–H groups in total. The normalized spacial score (nSPS) is 26.4. The van der Waals surface area contributed by atoms with Gasteiger partial charge in [0.05, 0.1) is 5.69 Å². The molecule has 1 aromatic heterocycles. The van der Waals surface area contributed by atoms with Crippen LogP contribution in [0.1, 0.15) is 52.1 Å². The summed E-state index contributed by atoms with van der Waals surface area (Å²) in [4.78, 5) is 11.8. The van der Waals surface area contributed by atoms with Gasteiger partial charge in [0, 0.05) is 19.3 Å². The van der Waals surface area contributed by atoms with Gasteiger partial charge in [-0.25, -0.2) is 4.79 Å². The first-order valence-electron chi connectivity index (χ1n) is 7.40. The van der Waals surface area contributed by atoms with Crippen molar-refractivity contribution in [1.29, 1.82) is 0 Å². The first kappa shape index (κ1) is 15.8. The zero-order valence-electron chi connectivity index (χ0n) is 13.2. The van der Waals surface area contributed by atoms with E-state index < -0.39 is 17.3 Å². The summed E-state index contributed by atoms with van der Waals surface area (Å²) in [5, 5.41) is 17.7. The van der Waals surface area contributed by atoms with E-state index >= 15 is 0 Å². The minimum atomic E-state index is -0.850. The van der Waals surface area contributed by atoms with E-state index in [4.69, 9.17) is 4.74 Å². The van der Waals surface area contributed by atoms with Crippen molar-refractivity contribution in [1.82, 2.24) is 15.1 Å². The number of carbonyl (C=O) groups excluding carboxylic acids is 1. The molecule has 6 nitrogen and oxygen atoms in total. The minimum Gasteiger partial charge on any atom is -0.444 e. The average Bonchev–Trinajstić information content (AvgIpc) is 2.77. The van der Waals surface area contributed by atoms with Crippen molar-refractivity contribution in [2.75, 3.05) is 0 Å². The molecule has 1 aliphatic rings. The van der Waals surface area contributed by atoms with Crippen molar-refractivity contribution >= 4 is 6.09 Å². The summed E-state index contributed by atoms with van der Waals surface area (Å²) < 4.78 is 6.97. The van der Waals surface area contributed by atoms with Gasteiger partial charge in [-0.05, 0) is 52.5 Å². The maximum atomic E-state index is 11.8. The molecule has 0 aliphatic heterocycles. The fourth-order valence-corrected chi connectivity index (χ4v) is 2.80. The molecule has 1 fully saturated rings. The Balaban J connectivity index is 1.89. The van der Waals surface area contributed by atoms with Crippen LogP contribution in [0.15, 0.2) is 12.3 Å². The molecule has 0 atom stereocenters. The molecule has 1 amide bonds. The monoisotopic (exact) mass is 295 g/mol. The molecule has 2 rings (SSSR count). The number of aromatic nitrogens is 2. The highest BCUT2D eigenvalue weighted by Gasteiger charge is 2.37. The molecule has 6 heteroatoms. The first-order chi connectivity index (χ1) is 9.70. The number of aliphatic hydroxyl groups is 1. The molecular formula is C15H25N3O3. The van der Waals surface area contributed by atoms with Crippen LogP contribution in [0.25, 0.3) is 0 Å². The zero-order valence-corrected chi connectivity index (χ0v) is 13.2. The van der Waals surface area contributed by atoms with Crippen LogP contribution in [0.4, 0.5) is 4.79 Å². The number of nitrogens with one attached hydrogen (secondary N) is 1. The lowest BCUT2D eigenvalue weighted by Crippen LogP contribution is -2.44. The summed E-state index contributed by atoms with van der Waals surface area (Å²) in [6.07, 6.45) is 3.96. The maximum absolute atomic E-state index is 11.8. The average molecular weight is 295 g/mol. The number of rotatable bonds is 2. The predicted molar refractivity (Wildman–Crippen MR) is 78.7 cm³/mol. The van der Waals surface area contributed by atoms with E-state index in [1.165, 1.54) is 0 Å². The molecule has 1 aromatic rings. The highest BCUT2D eigenvalue weighted by atomic mass is 16.6. The van der Waals surface area contributed by atoms with Gasteiger partial charge in [0.15, 0.2) is 0 Å². The first-order valence-corrected chi connectivity index (χ1v) is 7.40. The fraction of sp³-hybridized carbons (Fsp3) is 0.733. The van der Waals surface area contributed by atoms with Gasteiger partial charge in [-0.3, -0.25) is 4.68 Å². The number of ether oxygens (including phenoxy) is 1. The van der Waals surface area contributed by atoms with Crippen LogP contribution in [0.3, 0.4) is 0 Å². The highest BCUT2D eigenvalue weighted by Crippen LogP contribution is 2.36. The lowest BCUT2D eigenvalue weighted by molar-refractivity contribution is -0.0172. The van der Waals surface area contributed by atoms with Gasteiger partial charge >= 0.3 is 6.09 Å². The van der Waals surface area contributed by atoms with Crippen LogP contribution in [0.2, 0.25) is 0 Å². The molecule has 1 saturated carbocycles. The SMILES string of the molecule is Cn1nccc1C1(O)CCC(NC(=O)OC(C)(C)C)CC1. The van der Waals surface area contributed by atoms with Crippen molar-refractivity contribution in [3.8, 4) is 0 Å². The Kier molecular flexibility index (Phi) is 4.27. The summed E-state index contributed by atoms with van der Waals surface area (Å²) in [5.74, 6) is 0. The number of aryl methyl sites for hydroxylation is 1. The van der Waals surface area contributed by atoms with Crippen molar-refractivity contribution in [3.05, 3.63) is 18.0 Å². The van der Waals surface area contributed by atoms with E-state index in [0.29, 0.717) is 12.8 Å². The lowest BCUT2D eigenvalue weighted by atomic mass is 9.80. The number of hydrogen-bond donors (Lipinski definition) is 2. The number of amides is 1. The Morgan fingerprint density at radius 1 is 1.48 bits per heavy atom. The van der Waals surface area contributed by atoms with E-state index in [-0.39, 0.29) is 6.04 Å². The molecule has 0 aromatic carbocycles. The summed E-state index contributed by atoms with van der Waals surface area (Å²) in [7, 11) is 1.83. The van der Waals surface area contributed by atoms with Crippen molar-refractivity contribution in [2.24, 2.45) is 7.05 Å². The fourth-order valence-electron chi connectivity index (χ4n) is 2.80. The third-order valence-electron chi connectivity index (χ3n) is 3.83. The van der Waals surface area contributed by atoms with E-state index in [1.54, 1.807) is 10.9 Å². The Bertz CT molecular complexity index is 497. The highest BCUT2D eigenvalue weighted by molar-refractivity contribution is 5.68. The minimum absolute atomic E-state index is 0.0494. The van der Waals surface area contributed by atoms with E-state index in [9.17, 15) is 9.90 Å². The Morgan fingerprint density at radius 2 is 2.10 bits per heavy atom. The maximum Gasteiger partial charge on any atom is 0.407 e. The third kappa shape index (κ3) is 3.97. The number of nitrogens with zero attached hydrogens (tertiary/aromatic N) is 2. The second-order valence-corrected chi connectivity index (χ2v) is 6.79. The van der Waals surface area contributed by atoms with E-state index in [1.807, 2.05) is 33.9 Å². The van der Waals surface area contributed by atoms with Crippen LogP contribution in [-0.2, 0) is 17.4 Å². The molecule has 0 bridgehead atoms. The van der Waals surface area contributed by atoms with Crippen molar-refractivity contribution < 1.29 is 14.6 Å². The molecule has 118 valence electrons. The van der Waals surface area contributed by atoms with Gasteiger partial charge < -0.3 is 15.2 Å². The third-order valence-corrected chi connectivity index (χ3v) is 3.83. The summed E-state index contributed by atoms with van der Waals surface area (Å²) in [5.41, 5.74) is -0.510. The lowest BCUT2D eigenvalue weighted by Gasteiger charge is -2.36. The van der Waals surface area contributed by atoms with E-state index in [2.05, 4.69) is 10.4 Å². The molecule has 1 aliphatic carbocycles. The molecule has 21 heavy (non-hydrogen) atoms. The van der Waals surface area contributed by atoms with Gasteiger partial charge in [0.2, 0.25) is 0 Å². The summed E-state index contributed by atoms with van der Waals surface area (Å²) in [6.45, 7) is 5.53. The summed E-state index contributed by atoms with van der Waals surface area (Å²) in [6, 6.07) is 1.90. The quantitative estimate of drug-likeness (QED) is 0.875. The van der Waals surface area contributed by atoms with Crippen LogP contribution >= 0.6 is 0 Å². The van der Waals surface area contributed by atoms with Gasteiger partial charge in [0.1, 0.15) is 11.2 Å². The topological polar surface area (TPSA) is 76.4 Å². The molecular weight excluding hydrogens is 270 g/mol. The summed E-state index contributed by atoms with van der Waals surface area (Å²) >= 11 is 0. The van der Waals surface area contributed by atoms with Gasteiger partial charge in [-0.15, -0.1) is 0 Å². The van der Waals surface area contributed by atoms with Gasteiger partial charge in [0.25, 0.3) is 0 Å². The molecule has 1 heterocycles. The van der Waals surface area contributed by atoms with E-state index in [0.717, 1.165) is 18.5 Å². The molecule has 0 saturated heterocycles. The Hall–Kier alpha value is -1.56. The van der Waals surface area contributed by atoms with Crippen LogP contribution in [-0.4, -0.2) is 32.6 Å². The second kappa shape index (κ2) is 5.67. The van der Waals surface area contributed by atoms with Crippen LogP contribution < -0.4 is 5.32 Å². The van der Waals surface area contributed by atoms with Crippen molar-refractivity contribution in [3.63, 3.8) is 0 Å². The predicted octanol–water partition coefficient (Wildman–Crippen LogP) is 2.08.